The zero-order chi connectivity index (χ0) is 14.7. The van der Waals surface area contributed by atoms with Gasteiger partial charge in [0.25, 0.3) is 0 Å². The minimum Gasteiger partial charge on any atom is -0.338 e. The van der Waals surface area contributed by atoms with Crippen LogP contribution < -0.4 is 10.2 Å². The van der Waals surface area contributed by atoms with Gasteiger partial charge in [0.2, 0.25) is 0 Å². The van der Waals surface area contributed by atoms with Gasteiger partial charge in [0, 0.05) is 24.3 Å². The Hall–Kier alpha value is -1.37. The van der Waals surface area contributed by atoms with Crippen LogP contribution in [-0.2, 0) is 6.54 Å². The second-order valence-electron chi connectivity index (χ2n) is 6.80. The van der Waals surface area contributed by atoms with Gasteiger partial charge in [-0.2, -0.15) is 5.26 Å². The summed E-state index contributed by atoms with van der Waals surface area (Å²) in [6.45, 7) is 7.39. The molecule has 0 spiro atoms. The first-order valence-electron chi connectivity index (χ1n) is 8.45. The lowest BCUT2D eigenvalue weighted by atomic mass is 9.74. The van der Waals surface area contributed by atoms with Gasteiger partial charge in [-0.05, 0) is 24.5 Å². The first kappa shape index (κ1) is 14.6. The third-order valence-corrected chi connectivity index (χ3v) is 5.60. The van der Waals surface area contributed by atoms with Crippen LogP contribution in [0.25, 0.3) is 0 Å². The Morgan fingerprint density at radius 1 is 1.43 bits per heavy atom. The molecule has 21 heavy (non-hydrogen) atoms. The SMILES string of the molecule is CC[C@H]1C[NH+]2CC[C@H]1C[C@@H]2C[NH2+]Cc1cccc(C#N)c1. The fraction of sp³-hybridized carbons (Fsp3) is 0.611. The first-order valence-corrected chi connectivity index (χ1v) is 8.45. The minimum absolute atomic E-state index is 0.776. The molecule has 1 aromatic rings. The molecule has 3 N–H and O–H groups in total. The number of fused-ring (bicyclic) bond motifs is 3. The van der Waals surface area contributed by atoms with Gasteiger partial charge in [-0.15, -0.1) is 0 Å². The maximum atomic E-state index is 8.95. The molecule has 3 fully saturated rings. The van der Waals surface area contributed by atoms with Crippen molar-refractivity contribution in [2.24, 2.45) is 11.8 Å². The van der Waals surface area contributed by atoms with E-state index in [-0.39, 0.29) is 0 Å². The Labute approximate surface area is 128 Å². The van der Waals surface area contributed by atoms with Crippen molar-refractivity contribution in [1.82, 2.24) is 0 Å². The summed E-state index contributed by atoms with van der Waals surface area (Å²) in [5.74, 6) is 1.98. The summed E-state index contributed by atoms with van der Waals surface area (Å²) in [6.07, 6.45) is 4.25. The maximum absolute atomic E-state index is 8.95. The second kappa shape index (κ2) is 6.60. The Kier molecular flexibility index (Phi) is 4.57. The minimum atomic E-state index is 0.776. The number of benzene rings is 1. The van der Waals surface area contributed by atoms with E-state index in [1.54, 1.807) is 0 Å². The smallest absolute Gasteiger partial charge is 0.137 e. The van der Waals surface area contributed by atoms with Gasteiger partial charge in [-0.3, -0.25) is 0 Å². The molecule has 0 aromatic heterocycles. The van der Waals surface area contributed by atoms with E-state index in [2.05, 4.69) is 24.4 Å². The van der Waals surface area contributed by atoms with E-state index < -0.39 is 0 Å². The standard InChI is InChI=1S/C18H25N3/c1-2-16-13-21-7-6-17(16)9-18(21)12-20-11-15-5-3-4-14(8-15)10-19/h3-5,8,16-18,20H,2,6-7,9,11-13H2,1H3/p+2/t16-,17-,18+/m0/s1. The predicted octanol–water partition coefficient (Wildman–Crippen LogP) is 0.325. The van der Waals surface area contributed by atoms with Gasteiger partial charge in [-0.25, -0.2) is 0 Å². The highest BCUT2D eigenvalue weighted by molar-refractivity contribution is 5.32. The van der Waals surface area contributed by atoms with Crippen molar-refractivity contribution in [3.05, 3.63) is 35.4 Å². The van der Waals surface area contributed by atoms with Gasteiger partial charge in [0.05, 0.1) is 24.7 Å². The molecule has 4 rings (SSSR count). The summed E-state index contributed by atoms with van der Waals surface area (Å²) >= 11 is 0. The van der Waals surface area contributed by atoms with Crippen LogP contribution in [0.15, 0.2) is 24.3 Å². The molecule has 3 nitrogen and oxygen atoms in total. The molecular weight excluding hydrogens is 258 g/mol. The monoisotopic (exact) mass is 285 g/mol. The van der Waals surface area contributed by atoms with Crippen molar-refractivity contribution in [3.8, 4) is 6.07 Å². The average molecular weight is 285 g/mol. The van der Waals surface area contributed by atoms with Crippen molar-refractivity contribution >= 4 is 0 Å². The molecule has 112 valence electrons. The molecule has 0 aliphatic carbocycles. The highest BCUT2D eigenvalue weighted by Crippen LogP contribution is 2.28. The van der Waals surface area contributed by atoms with Crippen LogP contribution in [-0.4, -0.2) is 25.7 Å². The summed E-state index contributed by atoms with van der Waals surface area (Å²) in [6, 6.07) is 11.1. The molecule has 1 unspecified atom stereocenters. The topological polar surface area (TPSA) is 44.8 Å². The van der Waals surface area contributed by atoms with Gasteiger partial charge in [-0.1, -0.05) is 19.1 Å². The lowest BCUT2D eigenvalue weighted by molar-refractivity contribution is -0.959. The number of nitriles is 1. The lowest BCUT2D eigenvalue weighted by Crippen LogP contribution is -3.21. The van der Waals surface area contributed by atoms with Crippen molar-refractivity contribution in [2.45, 2.75) is 38.8 Å². The highest BCUT2D eigenvalue weighted by Gasteiger charge is 2.43. The van der Waals surface area contributed by atoms with E-state index in [1.807, 2.05) is 23.1 Å². The number of hydrogen-bond donors (Lipinski definition) is 2. The summed E-state index contributed by atoms with van der Waals surface area (Å²) in [7, 11) is 0. The Bertz CT molecular complexity index is 519. The summed E-state index contributed by atoms with van der Waals surface area (Å²) in [5, 5.41) is 11.4. The zero-order valence-electron chi connectivity index (χ0n) is 13.0. The van der Waals surface area contributed by atoms with Gasteiger partial charge in [0.15, 0.2) is 0 Å². The predicted molar refractivity (Wildman–Crippen MR) is 82.6 cm³/mol. The third-order valence-electron chi connectivity index (χ3n) is 5.60. The molecule has 3 aliphatic heterocycles. The zero-order valence-corrected chi connectivity index (χ0v) is 13.0. The first-order chi connectivity index (χ1) is 10.3. The number of hydrogen-bond acceptors (Lipinski definition) is 1. The summed E-state index contributed by atoms with van der Waals surface area (Å²) < 4.78 is 0. The Morgan fingerprint density at radius 3 is 3.05 bits per heavy atom. The van der Waals surface area contributed by atoms with Crippen LogP contribution >= 0.6 is 0 Å². The van der Waals surface area contributed by atoms with Crippen LogP contribution in [0, 0.1) is 23.2 Å². The van der Waals surface area contributed by atoms with Crippen LogP contribution in [0.3, 0.4) is 0 Å². The van der Waals surface area contributed by atoms with Gasteiger partial charge < -0.3 is 10.2 Å². The number of nitrogens with zero attached hydrogens (tertiary/aromatic N) is 1. The quantitative estimate of drug-likeness (QED) is 0.804. The Morgan fingerprint density at radius 2 is 2.33 bits per heavy atom. The second-order valence-corrected chi connectivity index (χ2v) is 6.80. The molecule has 3 heteroatoms. The number of piperidine rings is 3. The molecule has 0 saturated carbocycles. The summed E-state index contributed by atoms with van der Waals surface area (Å²) in [5.41, 5.74) is 2.05. The molecule has 4 atom stereocenters. The lowest BCUT2D eigenvalue weighted by Gasteiger charge is -2.46. The van der Waals surface area contributed by atoms with Crippen LogP contribution in [0.4, 0.5) is 0 Å². The maximum Gasteiger partial charge on any atom is 0.137 e. The Balaban J connectivity index is 1.49. The van der Waals surface area contributed by atoms with Crippen LogP contribution in [0.2, 0.25) is 0 Å². The third kappa shape index (κ3) is 3.28. The van der Waals surface area contributed by atoms with Gasteiger partial charge in [0.1, 0.15) is 19.1 Å². The number of nitrogens with one attached hydrogen (secondary N) is 1. The van der Waals surface area contributed by atoms with E-state index in [4.69, 9.17) is 5.26 Å². The van der Waals surface area contributed by atoms with Crippen molar-refractivity contribution in [3.63, 3.8) is 0 Å². The normalized spacial score (nSPS) is 31.0. The van der Waals surface area contributed by atoms with Crippen molar-refractivity contribution in [1.29, 1.82) is 5.26 Å². The molecule has 3 aliphatic rings. The molecule has 1 aromatic carbocycles. The number of rotatable bonds is 5. The van der Waals surface area contributed by atoms with E-state index in [0.717, 1.165) is 30.0 Å². The molecule has 0 amide bonds. The van der Waals surface area contributed by atoms with Crippen LogP contribution in [0.1, 0.15) is 37.3 Å². The molecular formula is C18H27N3+2. The average Bonchev–Trinajstić information content (AvgIpc) is 2.55. The molecule has 3 heterocycles. The fourth-order valence-corrected chi connectivity index (χ4v) is 4.38. The molecule has 3 saturated heterocycles. The van der Waals surface area contributed by atoms with E-state index in [9.17, 15) is 0 Å². The van der Waals surface area contributed by atoms with Crippen molar-refractivity contribution < 1.29 is 10.2 Å². The highest BCUT2D eigenvalue weighted by atomic mass is 15.2. The van der Waals surface area contributed by atoms with E-state index >= 15 is 0 Å². The van der Waals surface area contributed by atoms with Gasteiger partial charge >= 0.3 is 0 Å². The number of nitrogens with two attached hydrogens (primary N) is 1. The number of quaternary nitrogens is 2. The van der Waals surface area contributed by atoms with Crippen LogP contribution in [0.5, 0.6) is 0 Å². The largest absolute Gasteiger partial charge is 0.338 e. The molecule has 2 bridgehead atoms. The molecule has 0 radical (unpaired) electrons. The summed E-state index contributed by atoms with van der Waals surface area (Å²) in [4.78, 5) is 1.85. The fourth-order valence-electron chi connectivity index (χ4n) is 4.38. The van der Waals surface area contributed by atoms with Crippen molar-refractivity contribution in [2.75, 3.05) is 19.6 Å². The van der Waals surface area contributed by atoms with E-state index in [1.165, 1.54) is 44.5 Å². The van der Waals surface area contributed by atoms with E-state index in [0.29, 0.717) is 0 Å².